The van der Waals surface area contributed by atoms with E-state index in [1.807, 2.05) is 31.2 Å². The number of nitrogens with one attached hydrogen (secondary N) is 1. The SMILES string of the molecule is COCCNC(C)(CO)Cc1ccccc1OC. The molecule has 18 heavy (non-hydrogen) atoms. The first-order valence-corrected chi connectivity index (χ1v) is 6.12. The molecule has 0 fully saturated rings. The van der Waals surface area contributed by atoms with Gasteiger partial charge in [0, 0.05) is 19.2 Å². The van der Waals surface area contributed by atoms with Crippen molar-refractivity contribution >= 4 is 0 Å². The molecule has 0 saturated heterocycles. The van der Waals surface area contributed by atoms with Crippen molar-refractivity contribution in [1.82, 2.24) is 5.32 Å². The zero-order chi connectivity index (χ0) is 13.4. The molecule has 0 heterocycles. The number of benzene rings is 1. The lowest BCUT2D eigenvalue weighted by Crippen LogP contribution is -2.48. The van der Waals surface area contributed by atoms with Crippen LogP contribution < -0.4 is 10.1 Å². The van der Waals surface area contributed by atoms with Crippen LogP contribution in [-0.4, -0.2) is 44.6 Å². The summed E-state index contributed by atoms with van der Waals surface area (Å²) in [5.74, 6) is 0.853. The van der Waals surface area contributed by atoms with Gasteiger partial charge in [0.1, 0.15) is 5.75 Å². The fraction of sp³-hybridized carbons (Fsp3) is 0.571. The maximum Gasteiger partial charge on any atom is 0.122 e. The highest BCUT2D eigenvalue weighted by molar-refractivity contribution is 5.34. The van der Waals surface area contributed by atoms with Gasteiger partial charge in [-0.1, -0.05) is 18.2 Å². The molecule has 0 aliphatic rings. The molecule has 0 radical (unpaired) electrons. The lowest BCUT2D eigenvalue weighted by Gasteiger charge is -2.29. The topological polar surface area (TPSA) is 50.7 Å². The molecule has 0 amide bonds. The maximum atomic E-state index is 9.57. The average molecular weight is 253 g/mol. The van der Waals surface area contributed by atoms with E-state index in [9.17, 15) is 5.11 Å². The zero-order valence-corrected chi connectivity index (χ0v) is 11.4. The van der Waals surface area contributed by atoms with Gasteiger partial charge in [0.2, 0.25) is 0 Å². The van der Waals surface area contributed by atoms with Gasteiger partial charge in [0.15, 0.2) is 0 Å². The first-order chi connectivity index (χ1) is 8.65. The van der Waals surface area contributed by atoms with E-state index < -0.39 is 0 Å². The summed E-state index contributed by atoms with van der Waals surface area (Å²) in [4.78, 5) is 0. The third-order valence-corrected chi connectivity index (χ3v) is 2.98. The molecule has 1 aromatic carbocycles. The first kappa shape index (κ1) is 15.0. The van der Waals surface area contributed by atoms with Gasteiger partial charge < -0.3 is 19.9 Å². The van der Waals surface area contributed by atoms with E-state index in [2.05, 4.69) is 5.32 Å². The molecule has 0 aromatic heterocycles. The average Bonchev–Trinajstić information content (AvgIpc) is 2.40. The molecule has 0 aliphatic carbocycles. The smallest absolute Gasteiger partial charge is 0.122 e. The zero-order valence-electron chi connectivity index (χ0n) is 11.4. The van der Waals surface area contributed by atoms with Crippen LogP contribution in [0.5, 0.6) is 5.75 Å². The number of aliphatic hydroxyl groups excluding tert-OH is 1. The van der Waals surface area contributed by atoms with Crippen molar-refractivity contribution in [3.8, 4) is 5.75 Å². The Bertz CT molecular complexity index is 357. The van der Waals surface area contributed by atoms with E-state index in [0.717, 1.165) is 11.3 Å². The molecular weight excluding hydrogens is 230 g/mol. The molecule has 0 spiro atoms. The van der Waals surface area contributed by atoms with Crippen molar-refractivity contribution in [2.45, 2.75) is 18.9 Å². The molecule has 4 heteroatoms. The number of hydrogen-bond donors (Lipinski definition) is 2. The largest absolute Gasteiger partial charge is 0.496 e. The normalized spacial score (nSPS) is 14.2. The summed E-state index contributed by atoms with van der Waals surface area (Å²) in [6.45, 7) is 3.40. The van der Waals surface area contributed by atoms with Gasteiger partial charge in [-0.3, -0.25) is 0 Å². The van der Waals surface area contributed by atoms with Crippen LogP contribution >= 0.6 is 0 Å². The number of methoxy groups -OCH3 is 2. The minimum Gasteiger partial charge on any atom is -0.496 e. The van der Waals surface area contributed by atoms with Gasteiger partial charge in [-0.25, -0.2) is 0 Å². The Kier molecular flexibility index (Phi) is 6.12. The molecule has 1 atom stereocenters. The van der Waals surface area contributed by atoms with Crippen LogP contribution in [0, 0.1) is 0 Å². The van der Waals surface area contributed by atoms with Crippen LogP contribution in [0.25, 0.3) is 0 Å². The van der Waals surface area contributed by atoms with Gasteiger partial charge >= 0.3 is 0 Å². The second kappa shape index (κ2) is 7.36. The van der Waals surface area contributed by atoms with Crippen molar-refractivity contribution in [1.29, 1.82) is 0 Å². The van der Waals surface area contributed by atoms with E-state index >= 15 is 0 Å². The highest BCUT2D eigenvalue weighted by Crippen LogP contribution is 2.22. The van der Waals surface area contributed by atoms with E-state index in [1.165, 1.54) is 0 Å². The predicted molar refractivity (Wildman–Crippen MR) is 72.1 cm³/mol. The van der Waals surface area contributed by atoms with Crippen molar-refractivity contribution in [3.05, 3.63) is 29.8 Å². The van der Waals surface area contributed by atoms with Gasteiger partial charge in [0.05, 0.1) is 20.3 Å². The second-order valence-corrected chi connectivity index (χ2v) is 4.63. The van der Waals surface area contributed by atoms with E-state index in [1.54, 1.807) is 14.2 Å². The predicted octanol–water partition coefficient (Wildman–Crippen LogP) is 1.22. The highest BCUT2D eigenvalue weighted by Gasteiger charge is 2.24. The first-order valence-electron chi connectivity index (χ1n) is 6.12. The minimum atomic E-state index is -0.368. The Hall–Kier alpha value is -1.10. The lowest BCUT2D eigenvalue weighted by molar-refractivity contribution is 0.147. The van der Waals surface area contributed by atoms with Crippen LogP contribution in [0.2, 0.25) is 0 Å². The standard InChI is InChI=1S/C14H23NO3/c1-14(11-16,15-8-9-17-2)10-12-6-4-5-7-13(12)18-3/h4-7,15-16H,8-11H2,1-3H3. The van der Waals surface area contributed by atoms with Crippen LogP contribution in [0.3, 0.4) is 0 Å². The second-order valence-electron chi connectivity index (χ2n) is 4.63. The molecular formula is C14H23NO3. The monoisotopic (exact) mass is 253 g/mol. The molecule has 0 saturated carbocycles. The summed E-state index contributed by atoms with van der Waals surface area (Å²) >= 11 is 0. The Morgan fingerprint density at radius 1 is 1.28 bits per heavy atom. The molecule has 0 bridgehead atoms. The molecule has 1 rings (SSSR count). The van der Waals surface area contributed by atoms with Crippen molar-refractivity contribution < 1.29 is 14.6 Å². The van der Waals surface area contributed by atoms with Gasteiger partial charge in [0.25, 0.3) is 0 Å². The quantitative estimate of drug-likeness (QED) is 0.684. The summed E-state index contributed by atoms with van der Waals surface area (Å²) in [7, 11) is 3.33. The van der Waals surface area contributed by atoms with Gasteiger partial charge in [-0.2, -0.15) is 0 Å². The number of rotatable bonds is 8. The van der Waals surface area contributed by atoms with E-state index in [4.69, 9.17) is 9.47 Å². The molecule has 0 aliphatic heterocycles. The number of ether oxygens (including phenoxy) is 2. The van der Waals surface area contributed by atoms with Crippen LogP contribution in [0.15, 0.2) is 24.3 Å². The summed E-state index contributed by atoms with van der Waals surface area (Å²) in [6, 6.07) is 7.87. The van der Waals surface area contributed by atoms with Crippen molar-refractivity contribution in [2.75, 3.05) is 34.0 Å². The highest BCUT2D eigenvalue weighted by atomic mass is 16.5. The number of hydrogen-bond acceptors (Lipinski definition) is 4. The van der Waals surface area contributed by atoms with Gasteiger partial charge in [-0.05, 0) is 25.0 Å². The number of aliphatic hydroxyl groups is 1. The summed E-state index contributed by atoms with van der Waals surface area (Å²) in [5.41, 5.74) is 0.717. The summed E-state index contributed by atoms with van der Waals surface area (Å²) < 4.78 is 10.3. The Balaban J connectivity index is 2.71. The Morgan fingerprint density at radius 3 is 2.61 bits per heavy atom. The van der Waals surface area contributed by atoms with Crippen molar-refractivity contribution in [2.24, 2.45) is 0 Å². The molecule has 102 valence electrons. The molecule has 4 nitrogen and oxygen atoms in total. The number of para-hydroxylation sites is 1. The summed E-state index contributed by atoms with van der Waals surface area (Å²) in [5, 5.41) is 12.9. The Morgan fingerprint density at radius 2 is 2.00 bits per heavy atom. The van der Waals surface area contributed by atoms with E-state index in [0.29, 0.717) is 19.6 Å². The minimum absolute atomic E-state index is 0.0642. The Labute approximate surface area is 109 Å². The lowest BCUT2D eigenvalue weighted by atomic mass is 9.93. The fourth-order valence-corrected chi connectivity index (χ4v) is 1.90. The summed E-state index contributed by atoms with van der Waals surface area (Å²) in [6.07, 6.45) is 0.706. The fourth-order valence-electron chi connectivity index (χ4n) is 1.90. The maximum absolute atomic E-state index is 9.57. The third-order valence-electron chi connectivity index (χ3n) is 2.98. The van der Waals surface area contributed by atoms with Crippen molar-refractivity contribution in [3.63, 3.8) is 0 Å². The molecule has 2 N–H and O–H groups in total. The molecule has 1 aromatic rings. The van der Waals surface area contributed by atoms with Gasteiger partial charge in [-0.15, -0.1) is 0 Å². The van der Waals surface area contributed by atoms with E-state index in [-0.39, 0.29) is 12.1 Å². The van der Waals surface area contributed by atoms with Crippen LogP contribution in [-0.2, 0) is 11.2 Å². The molecule has 1 unspecified atom stereocenters. The van der Waals surface area contributed by atoms with Crippen LogP contribution in [0.1, 0.15) is 12.5 Å². The van der Waals surface area contributed by atoms with Crippen LogP contribution in [0.4, 0.5) is 0 Å². The third kappa shape index (κ3) is 4.29.